The van der Waals surface area contributed by atoms with E-state index in [9.17, 15) is 19.5 Å². The number of carboxylic acid groups (broad SMARTS) is 1. The maximum absolute atomic E-state index is 12.3. The highest BCUT2D eigenvalue weighted by molar-refractivity contribution is 5.88. The molecule has 2 heterocycles. The Labute approximate surface area is 134 Å². The topological polar surface area (TPSA) is 79.6 Å². The van der Waals surface area contributed by atoms with Crippen molar-refractivity contribution in [1.82, 2.24) is 9.47 Å². The number of rotatable bonds is 4. The average molecular weight is 318 g/mol. The van der Waals surface area contributed by atoms with Crippen LogP contribution in [0.2, 0.25) is 0 Å². The number of aromatic carboxylic acids is 1. The molecule has 2 aliphatic rings. The van der Waals surface area contributed by atoms with Crippen molar-refractivity contribution in [3.05, 3.63) is 33.7 Å². The van der Waals surface area contributed by atoms with E-state index in [2.05, 4.69) is 0 Å². The molecule has 1 saturated heterocycles. The molecule has 1 unspecified atom stereocenters. The van der Waals surface area contributed by atoms with Gasteiger partial charge in [-0.25, -0.2) is 4.79 Å². The molecule has 0 spiro atoms. The number of carbonyl (C=O) groups excluding carboxylic acids is 1. The quantitative estimate of drug-likeness (QED) is 0.912. The minimum Gasteiger partial charge on any atom is -0.477 e. The van der Waals surface area contributed by atoms with Crippen LogP contribution in [0.1, 0.15) is 41.6 Å². The number of carboxylic acids is 1. The average Bonchev–Trinajstić information content (AvgIpc) is 3.34. The van der Waals surface area contributed by atoms with Crippen molar-refractivity contribution in [3.63, 3.8) is 0 Å². The second-order valence-electron chi connectivity index (χ2n) is 6.70. The van der Waals surface area contributed by atoms with E-state index in [1.54, 1.807) is 19.2 Å². The summed E-state index contributed by atoms with van der Waals surface area (Å²) in [5, 5.41) is 9.19. The van der Waals surface area contributed by atoms with Gasteiger partial charge in [0.25, 0.3) is 5.56 Å². The summed E-state index contributed by atoms with van der Waals surface area (Å²) in [6, 6.07) is 1.67. The van der Waals surface area contributed by atoms with Crippen LogP contribution < -0.4 is 5.56 Å². The second kappa shape index (κ2) is 6.18. The first-order valence-electron chi connectivity index (χ1n) is 8.19. The maximum Gasteiger partial charge on any atom is 0.341 e. The van der Waals surface area contributed by atoms with Gasteiger partial charge in [-0.1, -0.05) is 0 Å². The predicted molar refractivity (Wildman–Crippen MR) is 84.4 cm³/mol. The van der Waals surface area contributed by atoms with Gasteiger partial charge in [-0.3, -0.25) is 9.59 Å². The molecule has 1 saturated carbocycles. The van der Waals surface area contributed by atoms with Crippen molar-refractivity contribution in [2.24, 2.45) is 11.8 Å². The number of likely N-dealkylation sites (tertiary alicyclic amines) is 1. The Morgan fingerprint density at radius 1 is 1.30 bits per heavy atom. The molecule has 1 atom stereocenters. The van der Waals surface area contributed by atoms with Crippen LogP contribution in [0.5, 0.6) is 0 Å². The number of hydrogen-bond acceptors (Lipinski definition) is 3. The molecule has 1 N–H and O–H groups in total. The standard InChI is InChI=1S/C17H22N2O4/c1-11-6-8-19(16(21)14(11)17(22)23)10-12-3-2-7-18(9-12)15(20)13-4-5-13/h6,8,12-13H,2-5,7,9-10H2,1H3,(H,22,23). The zero-order valence-corrected chi connectivity index (χ0v) is 13.3. The third-order valence-electron chi connectivity index (χ3n) is 4.80. The minimum absolute atomic E-state index is 0.158. The fourth-order valence-electron chi connectivity index (χ4n) is 3.35. The lowest BCUT2D eigenvalue weighted by Gasteiger charge is -2.33. The number of aromatic nitrogens is 1. The Bertz CT molecular complexity index is 690. The van der Waals surface area contributed by atoms with E-state index in [4.69, 9.17) is 0 Å². The first-order chi connectivity index (χ1) is 11.0. The number of hydrogen-bond donors (Lipinski definition) is 1. The number of piperidine rings is 1. The molecule has 6 nitrogen and oxygen atoms in total. The van der Waals surface area contributed by atoms with Gasteiger partial charge >= 0.3 is 5.97 Å². The van der Waals surface area contributed by atoms with Gasteiger partial charge in [0.1, 0.15) is 5.56 Å². The van der Waals surface area contributed by atoms with Crippen LogP contribution >= 0.6 is 0 Å². The molecule has 1 aromatic rings. The first-order valence-corrected chi connectivity index (χ1v) is 8.19. The summed E-state index contributed by atoms with van der Waals surface area (Å²) in [7, 11) is 0. The summed E-state index contributed by atoms with van der Waals surface area (Å²) in [6.45, 7) is 3.56. The molecule has 1 aliphatic carbocycles. The summed E-state index contributed by atoms with van der Waals surface area (Å²) in [6.07, 6.45) is 5.55. The van der Waals surface area contributed by atoms with Gasteiger partial charge < -0.3 is 14.6 Å². The Kier molecular flexibility index (Phi) is 4.24. The van der Waals surface area contributed by atoms with E-state index in [0.29, 0.717) is 18.7 Å². The Morgan fingerprint density at radius 2 is 2.04 bits per heavy atom. The summed E-state index contributed by atoms with van der Waals surface area (Å²) < 4.78 is 1.48. The molecule has 1 aliphatic heterocycles. The van der Waals surface area contributed by atoms with Gasteiger partial charge in [0.2, 0.25) is 5.91 Å². The lowest BCUT2D eigenvalue weighted by Crippen LogP contribution is -2.42. The zero-order chi connectivity index (χ0) is 16.6. The second-order valence-corrected chi connectivity index (χ2v) is 6.70. The number of carbonyl (C=O) groups is 2. The Morgan fingerprint density at radius 3 is 2.70 bits per heavy atom. The molecule has 0 bridgehead atoms. The van der Waals surface area contributed by atoms with Gasteiger partial charge in [0.15, 0.2) is 0 Å². The van der Waals surface area contributed by atoms with Gasteiger partial charge in [0.05, 0.1) is 0 Å². The van der Waals surface area contributed by atoms with E-state index in [0.717, 1.165) is 32.2 Å². The van der Waals surface area contributed by atoms with Crippen LogP contribution in [0.4, 0.5) is 0 Å². The third kappa shape index (κ3) is 3.30. The van der Waals surface area contributed by atoms with Gasteiger partial charge in [0, 0.05) is 31.7 Å². The highest BCUT2D eigenvalue weighted by Crippen LogP contribution is 2.32. The van der Waals surface area contributed by atoms with Gasteiger partial charge in [-0.2, -0.15) is 0 Å². The Hall–Kier alpha value is -2.11. The lowest BCUT2D eigenvalue weighted by atomic mass is 9.97. The molecule has 0 radical (unpaired) electrons. The van der Waals surface area contributed by atoms with Crippen molar-refractivity contribution in [2.45, 2.75) is 39.2 Å². The molecule has 2 fully saturated rings. The van der Waals surface area contributed by atoms with E-state index < -0.39 is 11.5 Å². The molecule has 1 aromatic heterocycles. The largest absolute Gasteiger partial charge is 0.477 e. The molecule has 124 valence electrons. The number of amides is 1. The SMILES string of the molecule is Cc1ccn(CC2CCCN(C(=O)C3CC3)C2)c(=O)c1C(=O)O. The fourth-order valence-corrected chi connectivity index (χ4v) is 3.35. The fraction of sp³-hybridized carbons (Fsp3) is 0.588. The van der Waals surface area contributed by atoms with Crippen LogP contribution in [0.15, 0.2) is 17.1 Å². The highest BCUT2D eigenvalue weighted by atomic mass is 16.4. The Balaban J connectivity index is 1.74. The van der Waals surface area contributed by atoms with E-state index in [1.165, 1.54) is 4.57 Å². The van der Waals surface area contributed by atoms with E-state index >= 15 is 0 Å². The lowest BCUT2D eigenvalue weighted by molar-refractivity contribution is -0.134. The monoisotopic (exact) mass is 318 g/mol. The molecular weight excluding hydrogens is 296 g/mol. The molecular formula is C17H22N2O4. The summed E-state index contributed by atoms with van der Waals surface area (Å²) >= 11 is 0. The minimum atomic E-state index is -1.18. The van der Waals surface area contributed by atoms with Crippen LogP contribution in [0.3, 0.4) is 0 Å². The zero-order valence-electron chi connectivity index (χ0n) is 13.3. The van der Waals surface area contributed by atoms with Gasteiger partial charge in [-0.15, -0.1) is 0 Å². The first kappa shape index (κ1) is 15.8. The van der Waals surface area contributed by atoms with Crippen LogP contribution in [0, 0.1) is 18.8 Å². The molecule has 3 rings (SSSR count). The van der Waals surface area contributed by atoms with E-state index in [-0.39, 0.29) is 23.3 Å². The smallest absolute Gasteiger partial charge is 0.341 e. The molecule has 6 heteroatoms. The third-order valence-corrected chi connectivity index (χ3v) is 4.80. The molecule has 1 amide bonds. The van der Waals surface area contributed by atoms with Crippen LogP contribution in [-0.2, 0) is 11.3 Å². The van der Waals surface area contributed by atoms with E-state index in [1.807, 2.05) is 4.90 Å². The van der Waals surface area contributed by atoms with Gasteiger partial charge in [-0.05, 0) is 50.2 Å². The van der Waals surface area contributed by atoms with Crippen LogP contribution in [-0.4, -0.2) is 39.5 Å². The summed E-state index contributed by atoms with van der Waals surface area (Å²) in [5.41, 5.74) is -0.134. The van der Waals surface area contributed by atoms with Crippen LogP contribution in [0.25, 0.3) is 0 Å². The normalized spacial score (nSPS) is 21.3. The molecule has 23 heavy (non-hydrogen) atoms. The van der Waals surface area contributed by atoms with Crippen molar-refractivity contribution in [2.75, 3.05) is 13.1 Å². The molecule has 0 aromatic carbocycles. The number of aryl methyl sites for hydroxylation is 1. The maximum atomic E-state index is 12.3. The summed E-state index contributed by atoms with van der Waals surface area (Å²) in [5.74, 6) is -0.517. The number of nitrogens with zero attached hydrogens (tertiary/aromatic N) is 2. The number of pyridine rings is 1. The predicted octanol–water partition coefficient (Wildman–Crippen LogP) is 1.50. The summed E-state index contributed by atoms with van der Waals surface area (Å²) in [4.78, 5) is 37.7. The van der Waals surface area contributed by atoms with Crippen molar-refractivity contribution < 1.29 is 14.7 Å². The van der Waals surface area contributed by atoms with Crippen molar-refractivity contribution in [1.29, 1.82) is 0 Å². The van der Waals surface area contributed by atoms with Crippen molar-refractivity contribution in [3.8, 4) is 0 Å². The highest BCUT2D eigenvalue weighted by Gasteiger charge is 2.35. The van der Waals surface area contributed by atoms with Crippen molar-refractivity contribution >= 4 is 11.9 Å².